The van der Waals surface area contributed by atoms with E-state index in [1.54, 1.807) is 0 Å². The van der Waals surface area contributed by atoms with E-state index >= 15 is 0 Å². The van der Waals surface area contributed by atoms with E-state index < -0.39 is 11.9 Å². The van der Waals surface area contributed by atoms with Crippen molar-refractivity contribution in [3.8, 4) is 0 Å². The van der Waals surface area contributed by atoms with Crippen LogP contribution in [0.5, 0.6) is 0 Å². The van der Waals surface area contributed by atoms with E-state index in [9.17, 15) is 14.4 Å². The highest BCUT2D eigenvalue weighted by Gasteiger charge is 2.29. The van der Waals surface area contributed by atoms with Crippen molar-refractivity contribution >= 4 is 17.8 Å². The summed E-state index contributed by atoms with van der Waals surface area (Å²) in [6.07, 6.45) is 1.73. The molecule has 0 aromatic heterocycles. The lowest BCUT2D eigenvalue weighted by atomic mass is 9.97. The number of hydrogen-bond donors (Lipinski definition) is 2. The molecule has 0 radical (unpaired) electrons. The second-order valence-electron chi connectivity index (χ2n) is 5.04. The first-order valence-electron chi connectivity index (χ1n) is 6.74. The molecule has 19 heavy (non-hydrogen) atoms. The summed E-state index contributed by atoms with van der Waals surface area (Å²) in [6, 6.07) is 0.122. The number of piperidine rings is 1. The second kappa shape index (κ2) is 7.11. The summed E-state index contributed by atoms with van der Waals surface area (Å²) in [5.74, 6) is -1.54. The normalized spacial score (nSPS) is 21.1. The SMILES string of the molecule is CCC(C)NC(=O)CCN1CC(C(=O)O)CCC1=O. The molecule has 6 heteroatoms. The van der Waals surface area contributed by atoms with E-state index in [-0.39, 0.29) is 37.2 Å². The minimum absolute atomic E-state index is 0.0613. The van der Waals surface area contributed by atoms with Gasteiger partial charge in [-0.3, -0.25) is 14.4 Å². The lowest BCUT2D eigenvalue weighted by Crippen LogP contribution is -2.44. The van der Waals surface area contributed by atoms with Crippen LogP contribution < -0.4 is 5.32 Å². The second-order valence-corrected chi connectivity index (χ2v) is 5.04. The van der Waals surface area contributed by atoms with Crippen molar-refractivity contribution in [1.29, 1.82) is 0 Å². The van der Waals surface area contributed by atoms with Crippen LogP contribution in [0.3, 0.4) is 0 Å². The molecule has 1 saturated heterocycles. The van der Waals surface area contributed by atoms with Gasteiger partial charge in [0.25, 0.3) is 0 Å². The highest BCUT2D eigenvalue weighted by Crippen LogP contribution is 2.17. The topological polar surface area (TPSA) is 86.7 Å². The lowest BCUT2D eigenvalue weighted by Gasteiger charge is -2.30. The number of rotatable bonds is 6. The average molecular weight is 270 g/mol. The zero-order chi connectivity index (χ0) is 14.4. The number of carboxylic acid groups (broad SMARTS) is 1. The van der Waals surface area contributed by atoms with Crippen molar-refractivity contribution in [2.75, 3.05) is 13.1 Å². The van der Waals surface area contributed by atoms with Gasteiger partial charge in [0, 0.05) is 32.0 Å². The van der Waals surface area contributed by atoms with Crippen LogP contribution in [0.25, 0.3) is 0 Å². The van der Waals surface area contributed by atoms with Crippen LogP contribution in [-0.4, -0.2) is 46.9 Å². The first-order chi connectivity index (χ1) is 8.93. The average Bonchev–Trinajstić information content (AvgIpc) is 2.37. The third kappa shape index (κ3) is 4.89. The van der Waals surface area contributed by atoms with Gasteiger partial charge >= 0.3 is 5.97 Å². The molecule has 1 fully saturated rings. The Hall–Kier alpha value is -1.59. The van der Waals surface area contributed by atoms with Gasteiger partial charge in [0.15, 0.2) is 0 Å². The van der Waals surface area contributed by atoms with Gasteiger partial charge in [0.1, 0.15) is 0 Å². The summed E-state index contributed by atoms with van der Waals surface area (Å²) < 4.78 is 0. The molecule has 2 N–H and O–H groups in total. The number of carbonyl (C=O) groups excluding carboxylic acids is 2. The van der Waals surface area contributed by atoms with Crippen LogP contribution in [-0.2, 0) is 14.4 Å². The highest BCUT2D eigenvalue weighted by molar-refractivity contribution is 5.81. The van der Waals surface area contributed by atoms with E-state index in [1.807, 2.05) is 13.8 Å². The molecule has 0 spiro atoms. The van der Waals surface area contributed by atoms with Crippen molar-refractivity contribution in [2.24, 2.45) is 5.92 Å². The number of carbonyl (C=O) groups is 3. The largest absolute Gasteiger partial charge is 0.481 e. The van der Waals surface area contributed by atoms with E-state index in [0.29, 0.717) is 13.0 Å². The fraction of sp³-hybridized carbons (Fsp3) is 0.769. The standard InChI is InChI=1S/C13H22N2O4/c1-3-9(2)14-11(16)6-7-15-8-10(13(18)19)4-5-12(15)17/h9-10H,3-8H2,1-2H3,(H,14,16)(H,18,19). The van der Waals surface area contributed by atoms with Gasteiger partial charge in [-0.15, -0.1) is 0 Å². The molecule has 0 aliphatic carbocycles. The number of nitrogens with zero attached hydrogens (tertiary/aromatic N) is 1. The lowest BCUT2D eigenvalue weighted by molar-refractivity contribution is -0.147. The van der Waals surface area contributed by atoms with Gasteiger partial charge in [0.05, 0.1) is 5.92 Å². The Bertz CT molecular complexity index is 357. The summed E-state index contributed by atoms with van der Waals surface area (Å²) in [7, 11) is 0. The summed E-state index contributed by atoms with van der Waals surface area (Å²) in [4.78, 5) is 35.7. The third-order valence-corrected chi connectivity index (χ3v) is 3.48. The van der Waals surface area contributed by atoms with Crippen molar-refractivity contribution in [1.82, 2.24) is 10.2 Å². The van der Waals surface area contributed by atoms with Crippen LogP contribution in [0, 0.1) is 5.92 Å². The predicted molar refractivity (Wildman–Crippen MR) is 69.5 cm³/mol. The fourth-order valence-electron chi connectivity index (χ4n) is 2.02. The molecule has 0 aromatic rings. The van der Waals surface area contributed by atoms with E-state index in [1.165, 1.54) is 4.90 Å². The van der Waals surface area contributed by atoms with E-state index in [4.69, 9.17) is 5.11 Å². The maximum Gasteiger partial charge on any atom is 0.308 e. The number of likely N-dealkylation sites (tertiary alicyclic amines) is 1. The third-order valence-electron chi connectivity index (χ3n) is 3.48. The van der Waals surface area contributed by atoms with Crippen LogP contribution in [0.1, 0.15) is 39.5 Å². The molecule has 1 aliphatic heterocycles. The van der Waals surface area contributed by atoms with Crippen molar-refractivity contribution in [3.63, 3.8) is 0 Å². The van der Waals surface area contributed by atoms with Crippen LogP contribution in [0.15, 0.2) is 0 Å². The maximum atomic E-state index is 11.7. The van der Waals surface area contributed by atoms with Crippen molar-refractivity contribution in [2.45, 2.75) is 45.6 Å². The molecule has 1 heterocycles. The molecule has 0 aromatic carbocycles. The minimum Gasteiger partial charge on any atom is -0.481 e. The number of nitrogens with one attached hydrogen (secondary N) is 1. The summed E-state index contributed by atoms with van der Waals surface area (Å²) in [5, 5.41) is 11.8. The Balaban J connectivity index is 2.40. The molecule has 0 bridgehead atoms. The number of aliphatic carboxylic acids is 1. The van der Waals surface area contributed by atoms with Gasteiger partial charge in [-0.25, -0.2) is 0 Å². The Labute approximate surface area is 113 Å². The molecular weight excluding hydrogens is 248 g/mol. The molecule has 108 valence electrons. The quantitative estimate of drug-likeness (QED) is 0.740. The van der Waals surface area contributed by atoms with Gasteiger partial charge in [-0.1, -0.05) is 6.92 Å². The molecule has 0 saturated carbocycles. The first-order valence-corrected chi connectivity index (χ1v) is 6.74. The number of carboxylic acids is 1. The van der Waals surface area contributed by atoms with Gasteiger partial charge in [0.2, 0.25) is 11.8 Å². The van der Waals surface area contributed by atoms with Crippen LogP contribution in [0.4, 0.5) is 0 Å². The first kappa shape index (κ1) is 15.5. The monoisotopic (exact) mass is 270 g/mol. The number of hydrogen-bond acceptors (Lipinski definition) is 3. The molecule has 2 atom stereocenters. The zero-order valence-corrected chi connectivity index (χ0v) is 11.5. The molecule has 1 aliphatic rings. The molecule has 2 amide bonds. The zero-order valence-electron chi connectivity index (χ0n) is 11.5. The summed E-state index contributed by atoms with van der Waals surface area (Å²) >= 11 is 0. The van der Waals surface area contributed by atoms with E-state index in [0.717, 1.165) is 6.42 Å². The molecule has 1 rings (SSSR count). The van der Waals surface area contributed by atoms with Gasteiger partial charge in [-0.05, 0) is 19.8 Å². The Morgan fingerprint density at radius 1 is 1.53 bits per heavy atom. The molecular formula is C13H22N2O4. The molecule has 6 nitrogen and oxygen atoms in total. The maximum absolute atomic E-state index is 11.7. The Kier molecular flexibility index (Phi) is 5.79. The van der Waals surface area contributed by atoms with E-state index in [2.05, 4.69) is 5.32 Å². The van der Waals surface area contributed by atoms with Crippen molar-refractivity contribution < 1.29 is 19.5 Å². The molecule has 2 unspecified atom stereocenters. The van der Waals surface area contributed by atoms with Crippen LogP contribution in [0.2, 0.25) is 0 Å². The van der Waals surface area contributed by atoms with Gasteiger partial charge < -0.3 is 15.3 Å². The van der Waals surface area contributed by atoms with Crippen molar-refractivity contribution in [3.05, 3.63) is 0 Å². The fourth-order valence-corrected chi connectivity index (χ4v) is 2.02. The minimum atomic E-state index is -0.874. The Morgan fingerprint density at radius 3 is 2.79 bits per heavy atom. The van der Waals surface area contributed by atoms with Gasteiger partial charge in [-0.2, -0.15) is 0 Å². The Morgan fingerprint density at radius 2 is 2.21 bits per heavy atom. The number of amides is 2. The smallest absolute Gasteiger partial charge is 0.308 e. The highest BCUT2D eigenvalue weighted by atomic mass is 16.4. The predicted octanol–water partition coefficient (Wildman–Crippen LogP) is 0.614. The van der Waals surface area contributed by atoms with Crippen LogP contribution >= 0.6 is 0 Å². The summed E-state index contributed by atoms with van der Waals surface area (Å²) in [6.45, 7) is 4.41. The summed E-state index contributed by atoms with van der Waals surface area (Å²) in [5.41, 5.74) is 0.